The molecular weight excluding hydrogens is 1060 g/mol. The van der Waals surface area contributed by atoms with Crippen molar-refractivity contribution in [3.63, 3.8) is 0 Å². The van der Waals surface area contributed by atoms with Gasteiger partial charge in [0.15, 0.2) is 11.8 Å². The van der Waals surface area contributed by atoms with Crippen LogP contribution in [0.2, 0.25) is 0 Å². The predicted molar refractivity (Wildman–Crippen MR) is 350 cm³/mol. The van der Waals surface area contributed by atoms with Crippen molar-refractivity contribution < 1.29 is 57.5 Å². The van der Waals surface area contributed by atoms with Crippen LogP contribution in [0.4, 0.5) is 24.0 Å². The molecule has 0 aromatic heterocycles. The average molecular weight is 1190 g/mol. The topological polar surface area (TPSA) is 245 Å². The second kappa shape index (κ2) is 59.4. The molecule has 0 aliphatic heterocycles. The minimum Gasteiger partial charge on any atom is -0.495 e. The van der Waals surface area contributed by atoms with Gasteiger partial charge in [0.1, 0.15) is 12.2 Å². The molecule has 0 radical (unpaired) electrons. The van der Waals surface area contributed by atoms with Crippen LogP contribution in [0.15, 0.2) is 55.3 Å². The van der Waals surface area contributed by atoms with Gasteiger partial charge in [0.2, 0.25) is 0 Å². The number of hydrogen-bond acceptors (Lipinski definition) is 14. The molecule has 2 aliphatic rings. The van der Waals surface area contributed by atoms with Crippen LogP contribution in [-0.2, 0) is 35.0 Å². The molecule has 83 heavy (non-hydrogen) atoms. The number of carbonyl (C=O) groups excluding carboxylic acids is 5. The molecular formula is C64H133N7O12. The first-order valence-electron chi connectivity index (χ1n) is 28.2. The summed E-state index contributed by atoms with van der Waals surface area (Å²) in [6.07, 6.45) is 10.0. The Balaban J connectivity index is -0.000000110. The fourth-order valence-corrected chi connectivity index (χ4v) is 6.35. The molecule has 1 aromatic rings. The summed E-state index contributed by atoms with van der Waals surface area (Å²) in [7, 11) is 0. The Morgan fingerprint density at radius 2 is 0.819 bits per heavy atom. The molecule has 2 aliphatic carbocycles. The third-order valence-corrected chi connectivity index (χ3v) is 9.31. The summed E-state index contributed by atoms with van der Waals surface area (Å²) in [4.78, 5) is 54.4. The fourth-order valence-electron chi connectivity index (χ4n) is 6.35. The zero-order valence-electron chi connectivity index (χ0n) is 52.2. The van der Waals surface area contributed by atoms with E-state index in [1.54, 1.807) is 6.92 Å². The van der Waals surface area contributed by atoms with Crippen LogP contribution in [0.3, 0.4) is 0 Å². The normalized spacial score (nSPS) is 12.0. The van der Waals surface area contributed by atoms with E-state index in [2.05, 4.69) is 69.0 Å². The molecule has 0 saturated heterocycles. The highest BCUT2D eigenvalue weighted by atomic mass is 16.6. The minimum atomic E-state index is -0.404. The van der Waals surface area contributed by atoms with Crippen LogP contribution in [-0.4, -0.2) is 109 Å². The van der Waals surface area contributed by atoms with Crippen molar-refractivity contribution in [1.29, 1.82) is 0 Å². The van der Waals surface area contributed by atoms with E-state index in [1.165, 1.54) is 57.8 Å². The second-order valence-corrected chi connectivity index (χ2v) is 22.3. The molecule has 1 aromatic carbocycles. The van der Waals surface area contributed by atoms with Gasteiger partial charge in [0.05, 0.1) is 25.9 Å². The lowest BCUT2D eigenvalue weighted by Crippen LogP contribution is -2.36. The molecule has 2 fully saturated rings. The Kier molecular flexibility index (Phi) is 69.0. The van der Waals surface area contributed by atoms with Gasteiger partial charge in [-0.15, -0.1) is 0 Å². The van der Waals surface area contributed by atoms with Gasteiger partial charge in [-0.2, -0.15) is 0 Å². The summed E-state index contributed by atoms with van der Waals surface area (Å²) in [5.41, 5.74) is 0.588. The van der Waals surface area contributed by atoms with Crippen molar-refractivity contribution >= 4 is 30.5 Å². The van der Waals surface area contributed by atoms with Gasteiger partial charge < -0.3 is 70.7 Å². The molecule has 0 bridgehead atoms. The van der Waals surface area contributed by atoms with Crippen molar-refractivity contribution in [2.45, 2.75) is 294 Å². The van der Waals surface area contributed by atoms with E-state index in [0.29, 0.717) is 31.8 Å². The summed E-state index contributed by atoms with van der Waals surface area (Å²) in [6.45, 7) is 47.2. The number of aliphatic hydroxyl groups excluding tert-OH is 1. The van der Waals surface area contributed by atoms with Gasteiger partial charge in [-0.3, -0.25) is 0 Å². The molecule has 0 heterocycles. The fraction of sp³-hybridized carbons (Fsp3) is 0.766. The molecule has 3 rings (SSSR count). The Bertz CT molecular complexity index is 1680. The van der Waals surface area contributed by atoms with Gasteiger partial charge >= 0.3 is 30.5 Å². The van der Waals surface area contributed by atoms with E-state index in [1.807, 2.05) is 148 Å². The summed E-state index contributed by atoms with van der Waals surface area (Å²) in [5.74, 6) is 2.13. The lowest BCUT2D eigenvalue weighted by molar-refractivity contribution is 0.0512. The largest absolute Gasteiger partial charge is 0.495 e. The first-order chi connectivity index (χ1) is 36.2. The summed E-state index contributed by atoms with van der Waals surface area (Å²) in [5, 5.41) is 27.4. The van der Waals surface area contributed by atoms with E-state index < -0.39 is 5.60 Å². The molecule has 5 amide bonds. The smallest absolute Gasteiger partial charge is 0.407 e. The number of ether oxygens (including phenoxy) is 6. The number of benzene rings is 1. The highest BCUT2D eigenvalue weighted by Crippen LogP contribution is 2.25. The summed E-state index contributed by atoms with van der Waals surface area (Å²) in [6, 6.07) is 11.0. The number of aliphatic hydroxyl groups is 1. The molecule has 2 saturated carbocycles. The standard InChI is InChI=1S/C11H21NO2.C11H15NO2.C11H21NO.C8H17NO2.C7H15NO2.C6H13NO2.C5H11NO.5CH4/c2*1-9(2)12-11(13)14-8-10-6-4-3-5-7-10;1-9(2)12-10(3)13-8-11-6-4-5-7-11;1-6(2)9-7(10)11-8(3,4)5;1-5(2)8-7(9)10-6(3)4;1-4-9-6(8)7-5(2)3;1-4(2)6-5(3)7;;;;;/h9-10H,3-8H2,1-2H3,(H,12,13);3-7,9H,8H2,1-2H3,(H,12,13);9,11-12H,3-8H2,1-2H3;6H,1-5H3,(H,9,10);5-6H,1-4H3,(H,8,9);5H,4H2,1-3H3,(H,7,8);4,6-7H,3H2,1-2H3;5*1H4. The molecule has 0 spiro atoms. The van der Waals surface area contributed by atoms with E-state index in [0.717, 1.165) is 24.0 Å². The Morgan fingerprint density at radius 1 is 0.482 bits per heavy atom. The quantitative estimate of drug-likeness (QED) is 0.0504. The van der Waals surface area contributed by atoms with E-state index in [9.17, 15) is 24.0 Å². The van der Waals surface area contributed by atoms with Crippen LogP contribution in [0, 0.1) is 11.8 Å². The van der Waals surface area contributed by atoms with Crippen molar-refractivity contribution in [3.8, 4) is 0 Å². The third-order valence-electron chi connectivity index (χ3n) is 9.31. The van der Waals surface area contributed by atoms with Gasteiger partial charge in [-0.25, -0.2) is 24.0 Å². The Labute approximate surface area is 509 Å². The second-order valence-electron chi connectivity index (χ2n) is 22.3. The number of nitrogens with one attached hydrogen (secondary N) is 7. The van der Waals surface area contributed by atoms with E-state index >= 15 is 0 Å². The molecule has 0 atom stereocenters. The maximum absolute atomic E-state index is 11.2. The van der Waals surface area contributed by atoms with Gasteiger partial charge in [0, 0.05) is 42.3 Å². The monoisotopic (exact) mass is 1190 g/mol. The van der Waals surface area contributed by atoms with E-state index in [-0.39, 0.29) is 116 Å². The number of alkyl carbamates (subject to hydrolysis) is 5. The Morgan fingerprint density at radius 3 is 1.16 bits per heavy atom. The SMILES string of the molecule is C.C.C.C.C.C=C(NC(C)C)OCC1CCCC1.C=C(O)NC(C)C.CC(C)NC(=O)OC(C)(C)C.CC(C)NC(=O)OC(C)C.CC(C)NC(=O)OCC1CCCCC1.CC(C)NC(=O)OCc1ccccc1.CCOC(=O)NC(C)C. The highest BCUT2D eigenvalue weighted by molar-refractivity contribution is 5.69. The number of rotatable bonds is 18. The zero-order chi connectivity index (χ0) is 60.8. The van der Waals surface area contributed by atoms with Crippen LogP contribution >= 0.6 is 0 Å². The zero-order valence-corrected chi connectivity index (χ0v) is 52.2. The van der Waals surface area contributed by atoms with Gasteiger partial charge in [0.25, 0.3) is 0 Å². The van der Waals surface area contributed by atoms with Gasteiger partial charge in [-0.05, 0) is 195 Å². The summed E-state index contributed by atoms with van der Waals surface area (Å²) >= 11 is 0. The first-order valence-corrected chi connectivity index (χ1v) is 28.2. The van der Waals surface area contributed by atoms with Crippen molar-refractivity contribution in [1.82, 2.24) is 37.2 Å². The highest BCUT2D eigenvalue weighted by Gasteiger charge is 2.18. The molecule has 8 N–H and O–H groups in total. The van der Waals surface area contributed by atoms with Crippen LogP contribution in [0.25, 0.3) is 0 Å². The maximum Gasteiger partial charge on any atom is 0.407 e. The Hall–Kier alpha value is -5.75. The number of hydrogen-bond donors (Lipinski definition) is 8. The lowest BCUT2D eigenvalue weighted by atomic mass is 9.90. The predicted octanol–water partition coefficient (Wildman–Crippen LogP) is 16.5. The van der Waals surface area contributed by atoms with Crippen molar-refractivity contribution in [2.24, 2.45) is 11.8 Å². The lowest BCUT2D eigenvalue weighted by Gasteiger charge is -2.21. The molecule has 0 unspecified atom stereocenters. The van der Waals surface area contributed by atoms with Crippen LogP contribution in [0.5, 0.6) is 0 Å². The third kappa shape index (κ3) is 80.5. The minimum absolute atomic E-state index is 0. The molecule has 19 nitrogen and oxygen atoms in total. The van der Waals surface area contributed by atoms with E-state index in [4.69, 9.17) is 28.8 Å². The summed E-state index contributed by atoms with van der Waals surface area (Å²) < 4.78 is 30.1. The average Bonchev–Trinajstić information content (AvgIpc) is 3.80. The van der Waals surface area contributed by atoms with Crippen molar-refractivity contribution in [3.05, 3.63) is 60.8 Å². The molecule has 19 heteroatoms. The van der Waals surface area contributed by atoms with Crippen molar-refractivity contribution in [2.75, 3.05) is 19.8 Å². The van der Waals surface area contributed by atoms with Gasteiger partial charge in [-0.1, -0.05) is 99.6 Å². The first kappa shape index (κ1) is 96.4. The van der Waals surface area contributed by atoms with Crippen LogP contribution in [0.1, 0.15) is 239 Å². The molecule has 496 valence electrons. The number of amides is 5. The number of carbonyl (C=O) groups is 5. The van der Waals surface area contributed by atoms with Crippen LogP contribution < -0.4 is 37.2 Å². The maximum atomic E-state index is 11.2.